The normalized spacial score (nSPS) is 10.9. The Balaban J connectivity index is 1.82. The van der Waals surface area contributed by atoms with E-state index in [0.717, 1.165) is 10.9 Å². The van der Waals surface area contributed by atoms with Gasteiger partial charge in [-0.2, -0.15) is 0 Å². The fraction of sp³-hybridized carbons (Fsp3) is 0.118. The molecule has 2 aromatic carbocycles. The number of carbonyl (C=O) groups excluding carboxylic acids is 1. The number of nitrogens with zero attached hydrogens (tertiary/aromatic N) is 1. The average molecular weight is 317 g/mol. The van der Waals surface area contributed by atoms with Crippen LogP contribution in [-0.4, -0.2) is 10.5 Å². The van der Waals surface area contributed by atoms with E-state index in [-0.39, 0.29) is 11.7 Å². The van der Waals surface area contributed by atoms with Gasteiger partial charge in [-0.1, -0.05) is 23.7 Å². The Hall–Kier alpha value is -2.33. The topological polar surface area (TPSA) is 34.0 Å². The summed E-state index contributed by atoms with van der Waals surface area (Å²) in [6.45, 7) is 0.384. The lowest BCUT2D eigenvalue weighted by Crippen LogP contribution is -2.24. The first kappa shape index (κ1) is 14.6. The van der Waals surface area contributed by atoms with Crippen molar-refractivity contribution < 1.29 is 9.18 Å². The second-order valence-electron chi connectivity index (χ2n) is 5.10. The van der Waals surface area contributed by atoms with Crippen molar-refractivity contribution in [3.63, 3.8) is 0 Å². The summed E-state index contributed by atoms with van der Waals surface area (Å²) < 4.78 is 15.0. The number of hydrogen-bond acceptors (Lipinski definition) is 1. The lowest BCUT2D eigenvalue weighted by atomic mass is 10.2. The Morgan fingerprint density at radius 1 is 1.23 bits per heavy atom. The largest absolute Gasteiger partial charge is 0.347 e. The quantitative estimate of drug-likeness (QED) is 0.781. The minimum Gasteiger partial charge on any atom is -0.347 e. The summed E-state index contributed by atoms with van der Waals surface area (Å²) in [6, 6.07) is 13.5. The summed E-state index contributed by atoms with van der Waals surface area (Å²) in [5, 5.41) is 4.31. The SMILES string of the molecule is Cn1c(C(=O)NCc2cccc(Cl)c2)cc2ccc(F)cc21. The summed E-state index contributed by atoms with van der Waals surface area (Å²) in [5.41, 5.74) is 2.10. The minimum atomic E-state index is -0.320. The van der Waals surface area contributed by atoms with E-state index >= 15 is 0 Å². The Labute approximate surface area is 132 Å². The van der Waals surface area contributed by atoms with E-state index in [1.54, 1.807) is 35.9 Å². The molecule has 1 N–H and O–H groups in total. The van der Waals surface area contributed by atoms with Crippen molar-refractivity contribution in [2.45, 2.75) is 6.54 Å². The predicted molar refractivity (Wildman–Crippen MR) is 85.5 cm³/mol. The number of carbonyl (C=O) groups is 1. The molecule has 0 aliphatic carbocycles. The molecular weight excluding hydrogens is 303 g/mol. The van der Waals surface area contributed by atoms with Gasteiger partial charge >= 0.3 is 0 Å². The van der Waals surface area contributed by atoms with Crippen LogP contribution in [0, 0.1) is 5.82 Å². The van der Waals surface area contributed by atoms with Crippen LogP contribution in [-0.2, 0) is 13.6 Å². The number of amides is 1. The number of hydrogen-bond donors (Lipinski definition) is 1. The highest BCUT2D eigenvalue weighted by atomic mass is 35.5. The monoisotopic (exact) mass is 316 g/mol. The zero-order chi connectivity index (χ0) is 15.7. The van der Waals surface area contributed by atoms with Crippen LogP contribution in [0.15, 0.2) is 48.5 Å². The van der Waals surface area contributed by atoms with Crippen LogP contribution < -0.4 is 5.32 Å². The molecule has 0 aliphatic heterocycles. The molecule has 3 aromatic rings. The third kappa shape index (κ3) is 2.83. The van der Waals surface area contributed by atoms with Gasteiger partial charge in [-0.25, -0.2) is 4.39 Å². The Bertz CT molecular complexity index is 857. The van der Waals surface area contributed by atoms with Crippen molar-refractivity contribution in [3.8, 4) is 0 Å². The Kier molecular flexibility index (Phi) is 3.86. The number of rotatable bonds is 3. The molecule has 0 unspecified atom stereocenters. The third-order valence-corrected chi connectivity index (χ3v) is 3.82. The first-order chi connectivity index (χ1) is 10.5. The van der Waals surface area contributed by atoms with Crippen molar-refractivity contribution >= 4 is 28.4 Å². The van der Waals surface area contributed by atoms with Gasteiger partial charge in [-0.05, 0) is 42.0 Å². The molecule has 0 saturated heterocycles. The molecule has 0 fully saturated rings. The van der Waals surface area contributed by atoms with Crippen molar-refractivity contribution in [1.82, 2.24) is 9.88 Å². The van der Waals surface area contributed by atoms with E-state index in [2.05, 4.69) is 5.32 Å². The van der Waals surface area contributed by atoms with Crippen LogP contribution >= 0.6 is 11.6 Å². The van der Waals surface area contributed by atoms with Gasteiger partial charge in [0.05, 0.1) is 5.52 Å². The number of halogens is 2. The standard InChI is InChI=1S/C17H14ClFN2O/c1-21-15-9-14(19)6-5-12(15)8-16(21)17(22)20-10-11-3-2-4-13(18)7-11/h2-9H,10H2,1H3,(H,20,22). The molecule has 0 spiro atoms. The van der Waals surface area contributed by atoms with E-state index < -0.39 is 0 Å². The van der Waals surface area contributed by atoms with E-state index in [1.165, 1.54) is 12.1 Å². The van der Waals surface area contributed by atoms with E-state index in [9.17, 15) is 9.18 Å². The molecule has 0 aliphatic rings. The molecule has 5 heteroatoms. The first-order valence-electron chi connectivity index (χ1n) is 6.82. The summed E-state index contributed by atoms with van der Waals surface area (Å²) in [4.78, 5) is 12.3. The van der Waals surface area contributed by atoms with E-state index in [1.807, 2.05) is 12.1 Å². The second kappa shape index (κ2) is 5.81. The van der Waals surface area contributed by atoms with Crippen molar-refractivity contribution in [1.29, 1.82) is 0 Å². The fourth-order valence-corrected chi connectivity index (χ4v) is 2.65. The molecule has 0 atom stereocenters. The van der Waals surface area contributed by atoms with Crippen LogP contribution in [0.2, 0.25) is 5.02 Å². The summed E-state index contributed by atoms with van der Waals surface area (Å²) in [7, 11) is 1.75. The number of fused-ring (bicyclic) bond motifs is 1. The van der Waals surface area contributed by atoms with Crippen LogP contribution in [0.3, 0.4) is 0 Å². The smallest absolute Gasteiger partial charge is 0.268 e. The van der Waals surface area contributed by atoms with Gasteiger partial charge in [0.1, 0.15) is 11.5 Å². The molecule has 0 saturated carbocycles. The average Bonchev–Trinajstić information content (AvgIpc) is 2.82. The Morgan fingerprint density at radius 3 is 2.82 bits per heavy atom. The molecule has 1 heterocycles. The van der Waals surface area contributed by atoms with Gasteiger partial charge in [-0.15, -0.1) is 0 Å². The zero-order valence-electron chi connectivity index (χ0n) is 11.9. The highest BCUT2D eigenvalue weighted by molar-refractivity contribution is 6.30. The number of nitrogens with one attached hydrogen (secondary N) is 1. The zero-order valence-corrected chi connectivity index (χ0v) is 12.7. The van der Waals surface area contributed by atoms with Gasteiger partial charge in [0.15, 0.2) is 0 Å². The maximum absolute atomic E-state index is 13.3. The van der Waals surface area contributed by atoms with Crippen LogP contribution in [0.5, 0.6) is 0 Å². The highest BCUT2D eigenvalue weighted by Crippen LogP contribution is 2.20. The lowest BCUT2D eigenvalue weighted by Gasteiger charge is -2.07. The minimum absolute atomic E-state index is 0.209. The molecule has 112 valence electrons. The molecule has 0 radical (unpaired) electrons. The lowest BCUT2D eigenvalue weighted by molar-refractivity contribution is 0.0943. The van der Waals surface area contributed by atoms with Gasteiger partial charge in [0, 0.05) is 24.0 Å². The highest BCUT2D eigenvalue weighted by Gasteiger charge is 2.13. The van der Waals surface area contributed by atoms with Crippen molar-refractivity contribution in [2.75, 3.05) is 0 Å². The van der Waals surface area contributed by atoms with Crippen molar-refractivity contribution in [3.05, 3.63) is 70.6 Å². The molecular formula is C17H14ClFN2O. The molecule has 1 aromatic heterocycles. The van der Waals surface area contributed by atoms with Gasteiger partial charge in [-0.3, -0.25) is 4.79 Å². The number of benzene rings is 2. The molecule has 22 heavy (non-hydrogen) atoms. The molecule has 1 amide bonds. The van der Waals surface area contributed by atoms with E-state index in [0.29, 0.717) is 22.8 Å². The molecule has 0 bridgehead atoms. The third-order valence-electron chi connectivity index (χ3n) is 3.58. The van der Waals surface area contributed by atoms with Crippen LogP contribution in [0.25, 0.3) is 10.9 Å². The Morgan fingerprint density at radius 2 is 2.05 bits per heavy atom. The maximum atomic E-state index is 13.3. The summed E-state index contributed by atoms with van der Waals surface area (Å²) >= 11 is 5.92. The number of aromatic nitrogens is 1. The second-order valence-corrected chi connectivity index (χ2v) is 5.54. The van der Waals surface area contributed by atoms with Gasteiger partial charge < -0.3 is 9.88 Å². The first-order valence-corrected chi connectivity index (χ1v) is 7.20. The summed E-state index contributed by atoms with van der Waals surface area (Å²) in [5.74, 6) is -0.529. The number of aryl methyl sites for hydroxylation is 1. The van der Waals surface area contributed by atoms with Crippen molar-refractivity contribution in [2.24, 2.45) is 7.05 Å². The van der Waals surface area contributed by atoms with Crippen LogP contribution in [0.1, 0.15) is 16.1 Å². The van der Waals surface area contributed by atoms with Gasteiger partial charge in [0.25, 0.3) is 5.91 Å². The van der Waals surface area contributed by atoms with Crippen LogP contribution in [0.4, 0.5) is 4.39 Å². The summed E-state index contributed by atoms with van der Waals surface area (Å²) in [6.07, 6.45) is 0. The fourth-order valence-electron chi connectivity index (χ4n) is 2.44. The van der Waals surface area contributed by atoms with E-state index in [4.69, 9.17) is 11.6 Å². The van der Waals surface area contributed by atoms with Gasteiger partial charge in [0.2, 0.25) is 0 Å². The predicted octanol–water partition coefficient (Wildman–Crippen LogP) is 3.90. The maximum Gasteiger partial charge on any atom is 0.268 e. The molecule has 3 nitrogen and oxygen atoms in total. The molecule has 3 rings (SSSR count).